The Morgan fingerprint density at radius 1 is 0.297 bits per heavy atom. The van der Waals surface area contributed by atoms with Crippen LogP contribution in [-0.2, 0) is 21.7 Å². The van der Waals surface area contributed by atoms with Crippen molar-refractivity contribution in [1.82, 2.24) is 0 Å². The molecule has 8 nitrogen and oxygen atoms in total. The fourth-order valence-corrected chi connectivity index (χ4v) is 9.72. The van der Waals surface area contributed by atoms with Gasteiger partial charge in [-0.25, -0.2) is 0 Å². The molecule has 0 saturated carbocycles. The van der Waals surface area contributed by atoms with Crippen molar-refractivity contribution in [2.45, 2.75) is 105 Å². The summed E-state index contributed by atoms with van der Waals surface area (Å²) in [5.74, 6) is 1.78. The first-order valence-corrected chi connectivity index (χ1v) is 23.7. The smallest absolute Gasteiger partial charge is 0.408 e. The average molecular weight is 897 g/mol. The second-order valence-corrected chi connectivity index (χ2v) is 22.0. The molecule has 0 aliphatic heterocycles. The van der Waals surface area contributed by atoms with Crippen LogP contribution < -0.4 is 27.1 Å². The van der Waals surface area contributed by atoms with Gasteiger partial charge in [0.2, 0.25) is 5.78 Å². The topological polar surface area (TPSA) is 89.5 Å². The molecule has 0 fully saturated rings. The third-order valence-electron chi connectivity index (χ3n) is 10.8. The Morgan fingerprint density at radius 2 is 0.531 bits per heavy atom. The van der Waals surface area contributed by atoms with Crippen LogP contribution in [0, 0.1) is 0 Å². The molecule has 6 aromatic carbocycles. The number of carbonyl (C=O) groups excluding carboxylic acids is 2. The summed E-state index contributed by atoms with van der Waals surface area (Å²) in [6.07, 6.45) is 0. The molecule has 0 spiro atoms. The van der Waals surface area contributed by atoms with Crippen molar-refractivity contribution in [3.05, 3.63) is 178 Å². The predicted octanol–water partition coefficient (Wildman–Crippen LogP) is 15.2. The lowest BCUT2D eigenvalue weighted by Crippen LogP contribution is -2.23. The SMILES string of the molecule is CC(C)(C)c1ccccc1OP(Oc1ccccc1C(C)(C)C)Oc1cccc2c1C(=O)c1c(OP(Oc3ccccc3C(C)(C)C)Oc3ccccc3C(C)(C)C)cccc1C2=O. The Kier molecular flexibility index (Phi) is 13.1. The molecule has 64 heavy (non-hydrogen) atoms. The summed E-state index contributed by atoms with van der Waals surface area (Å²) in [5.41, 5.74) is 3.26. The van der Waals surface area contributed by atoms with E-state index in [1.165, 1.54) is 0 Å². The van der Waals surface area contributed by atoms with Crippen LogP contribution in [0.25, 0.3) is 0 Å². The van der Waals surface area contributed by atoms with Crippen molar-refractivity contribution in [2.24, 2.45) is 0 Å². The maximum atomic E-state index is 15.2. The minimum absolute atomic E-state index is 0.0753. The molecule has 1 aliphatic carbocycles. The number of hydrogen-bond acceptors (Lipinski definition) is 8. The highest BCUT2D eigenvalue weighted by atomic mass is 31.2. The van der Waals surface area contributed by atoms with Gasteiger partial charge in [-0.05, 0) is 58.1 Å². The summed E-state index contributed by atoms with van der Waals surface area (Å²) in [4.78, 5) is 29.7. The van der Waals surface area contributed by atoms with Crippen molar-refractivity contribution in [3.8, 4) is 34.5 Å². The van der Waals surface area contributed by atoms with E-state index in [9.17, 15) is 4.79 Å². The predicted molar refractivity (Wildman–Crippen MR) is 258 cm³/mol. The largest absolute Gasteiger partial charge is 0.530 e. The van der Waals surface area contributed by atoms with Crippen molar-refractivity contribution in [2.75, 3.05) is 0 Å². The number of fused-ring (bicyclic) bond motifs is 2. The van der Waals surface area contributed by atoms with Gasteiger partial charge in [0.25, 0.3) is 0 Å². The van der Waals surface area contributed by atoms with E-state index in [-0.39, 0.29) is 61.2 Å². The van der Waals surface area contributed by atoms with E-state index < -0.39 is 23.0 Å². The van der Waals surface area contributed by atoms with Crippen LogP contribution in [0.4, 0.5) is 0 Å². The van der Waals surface area contributed by atoms with E-state index in [0.717, 1.165) is 22.3 Å². The third kappa shape index (κ3) is 10.1. The third-order valence-corrected chi connectivity index (χ3v) is 12.9. The van der Waals surface area contributed by atoms with Crippen LogP contribution in [0.15, 0.2) is 133 Å². The van der Waals surface area contributed by atoms with Gasteiger partial charge in [-0.1, -0.05) is 180 Å². The van der Waals surface area contributed by atoms with Crippen LogP contribution in [0.5, 0.6) is 34.5 Å². The van der Waals surface area contributed by atoms with Gasteiger partial charge in [0.1, 0.15) is 34.5 Å². The van der Waals surface area contributed by atoms with Crippen LogP contribution in [0.1, 0.15) is 137 Å². The van der Waals surface area contributed by atoms with Gasteiger partial charge >= 0.3 is 17.2 Å². The lowest BCUT2D eigenvalue weighted by atomic mass is 9.83. The van der Waals surface area contributed by atoms with Gasteiger partial charge in [0.05, 0.1) is 11.1 Å². The average Bonchev–Trinajstić information content (AvgIpc) is 3.22. The van der Waals surface area contributed by atoms with Crippen molar-refractivity contribution in [1.29, 1.82) is 0 Å². The molecule has 0 atom stereocenters. The van der Waals surface area contributed by atoms with E-state index in [1.54, 1.807) is 36.4 Å². The number of rotatable bonds is 12. The van der Waals surface area contributed by atoms with E-state index in [0.29, 0.717) is 23.0 Å². The van der Waals surface area contributed by atoms with Crippen molar-refractivity contribution >= 4 is 28.8 Å². The van der Waals surface area contributed by atoms with Gasteiger partial charge < -0.3 is 27.1 Å². The first-order valence-electron chi connectivity index (χ1n) is 21.5. The molecule has 6 aromatic rings. The molecule has 7 rings (SSSR count). The summed E-state index contributed by atoms with van der Waals surface area (Å²) in [5, 5.41) is 0. The fourth-order valence-electron chi connectivity index (χ4n) is 7.59. The molecule has 0 aromatic heterocycles. The molecular formula is C54H58O8P2. The molecule has 0 N–H and O–H groups in total. The molecule has 0 unspecified atom stereocenters. The minimum atomic E-state index is -2.27. The second kappa shape index (κ2) is 18.1. The number of benzene rings is 6. The maximum Gasteiger partial charge on any atom is 0.530 e. The van der Waals surface area contributed by atoms with Gasteiger partial charge in [-0.15, -0.1) is 0 Å². The monoisotopic (exact) mass is 896 g/mol. The molecule has 0 bridgehead atoms. The Bertz CT molecular complexity index is 2380. The number of hydrogen-bond donors (Lipinski definition) is 0. The Hall–Kier alpha value is -5.68. The maximum absolute atomic E-state index is 15.2. The zero-order valence-electron chi connectivity index (χ0n) is 38.9. The Balaban J connectivity index is 1.30. The van der Waals surface area contributed by atoms with Gasteiger partial charge in [0.15, 0.2) is 5.78 Å². The zero-order chi connectivity index (χ0) is 46.2. The Labute approximate surface area is 381 Å². The van der Waals surface area contributed by atoms with E-state index >= 15 is 4.79 Å². The molecule has 332 valence electrons. The van der Waals surface area contributed by atoms with Gasteiger partial charge in [0, 0.05) is 33.4 Å². The molecular weight excluding hydrogens is 839 g/mol. The Morgan fingerprint density at radius 3 is 0.797 bits per heavy atom. The lowest BCUT2D eigenvalue weighted by Gasteiger charge is -2.28. The number of para-hydroxylation sites is 4. The molecule has 10 heteroatoms. The highest BCUT2D eigenvalue weighted by molar-refractivity contribution is 7.43. The fraction of sp³-hybridized carbons (Fsp3) is 0.296. The molecule has 0 saturated heterocycles. The standard InChI is InChI=1S/C54H58O8P2/c1-51(2,3)37-25-13-17-29-41(37)57-63(58-42-30-18-14-26-38(42)52(4,5)6)61-45-33-21-23-35-47(45)50(56)48-36(49(35)55)24-22-34-46(48)62-64(59-43-31-19-15-27-39(43)53(7,8)9)60-44-32-20-16-28-40(44)54(10,11)12/h13-34H,1-12H3. The second-order valence-electron chi connectivity index (χ2n) is 20.0. The molecule has 0 radical (unpaired) electrons. The minimum Gasteiger partial charge on any atom is -0.408 e. The summed E-state index contributed by atoms with van der Waals surface area (Å²) in [6, 6.07) is 41.1. The van der Waals surface area contributed by atoms with Crippen LogP contribution in [0.2, 0.25) is 0 Å². The van der Waals surface area contributed by atoms with E-state index in [1.807, 2.05) is 97.1 Å². The van der Waals surface area contributed by atoms with Crippen LogP contribution >= 0.6 is 17.2 Å². The summed E-state index contributed by atoms with van der Waals surface area (Å²) in [7, 11) is -4.54. The molecule has 0 heterocycles. The van der Waals surface area contributed by atoms with E-state index in [2.05, 4.69) is 83.1 Å². The van der Waals surface area contributed by atoms with Gasteiger partial charge in [-0.3, -0.25) is 9.59 Å². The first-order chi connectivity index (χ1) is 30.1. The summed E-state index contributed by atoms with van der Waals surface area (Å²) in [6.45, 7) is 25.3. The molecule has 1 aliphatic rings. The zero-order valence-corrected chi connectivity index (χ0v) is 40.7. The van der Waals surface area contributed by atoms with Crippen molar-refractivity contribution in [3.63, 3.8) is 0 Å². The highest BCUT2D eigenvalue weighted by Crippen LogP contribution is 2.52. The van der Waals surface area contributed by atoms with Crippen LogP contribution in [-0.4, -0.2) is 11.6 Å². The number of ketones is 2. The van der Waals surface area contributed by atoms with Gasteiger partial charge in [-0.2, -0.15) is 0 Å². The summed E-state index contributed by atoms with van der Waals surface area (Å²) >= 11 is 0. The van der Waals surface area contributed by atoms with E-state index in [4.69, 9.17) is 27.1 Å². The van der Waals surface area contributed by atoms with Crippen LogP contribution in [0.3, 0.4) is 0 Å². The quantitative estimate of drug-likeness (QED) is 0.112. The van der Waals surface area contributed by atoms with Crippen molar-refractivity contribution < 1.29 is 36.7 Å². The summed E-state index contributed by atoms with van der Waals surface area (Å²) < 4.78 is 40.2. The number of carbonyl (C=O) groups is 2. The normalized spacial score (nSPS) is 13.0. The highest BCUT2D eigenvalue weighted by Gasteiger charge is 2.39. The lowest BCUT2D eigenvalue weighted by molar-refractivity contribution is 0.0975. The molecule has 0 amide bonds. The first kappa shape index (κ1) is 46.3.